The summed E-state index contributed by atoms with van der Waals surface area (Å²) in [5.41, 5.74) is 0. The summed E-state index contributed by atoms with van der Waals surface area (Å²) in [6, 6.07) is 1.81. The quantitative estimate of drug-likeness (QED) is 0.455. The van der Waals surface area contributed by atoms with Crippen LogP contribution < -0.4 is 0 Å². The highest BCUT2D eigenvalue weighted by Gasteiger charge is 1.81. The molecule has 0 saturated heterocycles. The molecule has 2 heteroatoms. The predicted molar refractivity (Wildman–Crippen MR) is 30.0 cm³/mol. The molecule has 0 N–H and O–H groups in total. The lowest BCUT2D eigenvalue weighted by molar-refractivity contribution is 1.58. The van der Waals surface area contributed by atoms with Crippen LogP contribution in [0.1, 0.15) is 4.88 Å². The van der Waals surface area contributed by atoms with E-state index in [0.29, 0.717) is 0 Å². The SMILES string of the molecule is C#Cc1ccns1. The van der Waals surface area contributed by atoms with Crippen LogP contribution in [-0.4, -0.2) is 4.37 Å². The Morgan fingerprint density at radius 1 is 1.86 bits per heavy atom. The van der Waals surface area contributed by atoms with Crippen LogP contribution >= 0.6 is 11.5 Å². The minimum Gasteiger partial charge on any atom is -0.200 e. The van der Waals surface area contributed by atoms with Gasteiger partial charge in [0, 0.05) is 6.20 Å². The predicted octanol–water partition coefficient (Wildman–Crippen LogP) is 1.12. The fourth-order valence-corrected chi connectivity index (χ4v) is 0.700. The molecule has 0 bridgehead atoms. The van der Waals surface area contributed by atoms with Crippen molar-refractivity contribution in [2.45, 2.75) is 0 Å². The molecule has 0 unspecified atom stereocenters. The minimum absolute atomic E-state index is 0.889. The molecule has 34 valence electrons. The maximum absolute atomic E-state index is 5.01. The van der Waals surface area contributed by atoms with E-state index < -0.39 is 0 Å². The monoisotopic (exact) mass is 109 g/mol. The molecule has 0 saturated carbocycles. The molecular formula is C5H3NS. The Kier molecular flexibility index (Phi) is 1.10. The number of aromatic nitrogens is 1. The van der Waals surface area contributed by atoms with Crippen molar-refractivity contribution in [3.05, 3.63) is 17.1 Å². The Morgan fingerprint density at radius 2 is 2.71 bits per heavy atom. The van der Waals surface area contributed by atoms with Crippen LogP contribution in [0.15, 0.2) is 12.3 Å². The van der Waals surface area contributed by atoms with Gasteiger partial charge in [-0.15, -0.1) is 6.42 Å². The van der Waals surface area contributed by atoms with Gasteiger partial charge in [0.1, 0.15) is 0 Å². The summed E-state index contributed by atoms with van der Waals surface area (Å²) in [7, 11) is 0. The van der Waals surface area contributed by atoms with Crippen molar-refractivity contribution in [2.24, 2.45) is 0 Å². The van der Waals surface area contributed by atoms with Gasteiger partial charge in [-0.05, 0) is 17.6 Å². The van der Waals surface area contributed by atoms with Crippen molar-refractivity contribution in [1.82, 2.24) is 4.37 Å². The van der Waals surface area contributed by atoms with Crippen LogP contribution in [0.2, 0.25) is 0 Å². The average Bonchev–Trinajstić information content (AvgIpc) is 2.14. The minimum atomic E-state index is 0.889. The maximum atomic E-state index is 5.01. The largest absolute Gasteiger partial charge is 0.200 e. The molecule has 0 fully saturated rings. The molecule has 0 radical (unpaired) electrons. The van der Waals surface area contributed by atoms with Crippen LogP contribution in [0, 0.1) is 12.3 Å². The second kappa shape index (κ2) is 1.76. The highest BCUT2D eigenvalue weighted by Crippen LogP contribution is 1.99. The molecule has 1 rings (SSSR count). The zero-order valence-corrected chi connectivity index (χ0v) is 4.40. The van der Waals surface area contributed by atoms with Crippen LogP contribution in [0.25, 0.3) is 0 Å². The van der Waals surface area contributed by atoms with Gasteiger partial charge < -0.3 is 0 Å². The van der Waals surface area contributed by atoms with E-state index in [-0.39, 0.29) is 0 Å². The highest BCUT2D eigenvalue weighted by molar-refractivity contribution is 7.06. The number of hydrogen-bond acceptors (Lipinski definition) is 2. The first-order valence-corrected chi connectivity index (χ1v) is 2.58. The lowest BCUT2D eigenvalue weighted by atomic mass is 10.5. The number of hydrogen-bond donors (Lipinski definition) is 0. The van der Waals surface area contributed by atoms with Crippen LogP contribution in [0.3, 0.4) is 0 Å². The number of rotatable bonds is 0. The van der Waals surface area contributed by atoms with Gasteiger partial charge in [0.15, 0.2) is 0 Å². The lowest BCUT2D eigenvalue weighted by Gasteiger charge is -1.64. The summed E-state index contributed by atoms with van der Waals surface area (Å²) in [4.78, 5) is 0.889. The molecule has 0 aliphatic rings. The molecule has 0 spiro atoms. The van der Waals surface area contributed by atoms with E-state index in [1.54, 1.807) is 6.20 Å². The number of terminal acetylenes is 1. The van der Waals surface area contributed by atoms with Crippen molar-refractivity contribution in [1.29, 1.82) is 0 Å². The van der Waals surface area contributed by atoms with Gasteiger partial charge in [0.2, 0.25) is 0 Å². The Hall–Kier alpha value is -0.810. The molecule has 1 nitrogen and oxygen atoms in total. The van der Waals surface area contributed by atoms with Gasteiger partial charge in [-0.25, -0.2) is 0 Å². The Morgan fingerprint density at radius 3 is 3.00 bits per heavy atom. The fraction of sp³-hybridized carbons (Fsp3) is 0. The van der Waals surface area contributed by atoms with Gasteiger partial charge in [-0.3, -0.25) is 0 Å². The average molecular weight is 109 g/mol. The maximum Gasteiger partial charge on any atom is 0.0972 e. The molecule has 1 aromatic heterocycles. The third kappa shape index (κ3) is 0.787. The first-order chi connectivity index (χ1) is 3.43. The molecule has 0 amide bonds. The van der Waals surface area contributed by atoms with E-state index in [1.165, 1.54) is 11.5 Å². The van der Waals surface area contributed by atoms with Crippen LogP contribution in [0.4, 0.5) is 0 Å². The molecule has 7 heavy (non-hydrogen) atoms. The second-order valence-electron chi connectivity index (χ2n) is 1.02. The van der Waals surface area contributed by atoms with Gasteiger partial charge in [-0.1, -0.05) is 5.92 Å². The van der Waals surface area contributed by atoms with Crippen molar-refractivity contribution in [2.75, 3.05) is 0 Å². The Bertz CT molecular complexity index is 170. The topological polar surface area (TPSA) is 12.9 Å². The second-order valence-corrected chi connectivity index (χ2v) is 1.85. The van der Waals surface area contributed by atoms with Crippen LogP contribution in [0.5, 0.6) is 0 Å². The number of nitrogens with zero attached hydrogens (tertiary/aromatic N) is 1. The van der Waals surface area contributed by atoms with Crippen molar-refractivity contribution in [3.63, 3.8) is 0 Å². The standard InChI is InChI=1S/C5H3NS/c1-2-5-3-4-6-7-5/h1,3-4H. The van der Waals surface area contributed by atoms with Gasteiger partial charge in [0.25, 0.3) is 0 Å². The summed E-state index contributed by atoms with van der Waals surface area (Å²) < 4.78 is 3.79. The smallest absolute Gasteiger partial charge is 0.0972 e. The molecule has 1 heterocycles. The van der Waals surface area contributed by atoms with Gasteiger partial charge in [-0.2, -0.15) is 4.37 Å². The molecule has 1 aromatic rings. The molecule has 0 aliphatic carbocycles. The summed E-state index contributed by atoms with van der Waals surface area (Å²) in [5.74, 6) is 2.46. The van der Waals surface area contributed by atoms with Gasteiger partial charge in [0.05, 0.1) is 4.88 Å². The first kappa shape index (κ1) is 4.35. The van der Waals surface area contributed by atoms with Crippen molar-refractivity contribution in [3.8, 4) is 12.3 Å². The van der Waals surface area contributed by atoms with E-state index in [0.717, 1.165) is 4.88 Å². The third-order valence-corrected chi connectivity index (χ3v) is 1.26. The van der Waals surface area contributed by atoms with Crippen molar-refractivity contribution < 1.29 is 0 Å². The highest BCUT2D eigenvalue weighted by atomic mass is 32.1. The van der Waals surface area contributed by atoms with E-state index in [2.05, 4.69) is 10.3 Å². The summed E-state index contributed by atoms with van der Waals surface area (Å²) in [5, 5.41) is 0. The fourth-order valence-electron chi connectivity index (χ4n) is 0.290. The van der Waals surface area contributed by atoms with E-state index in [9.17, 15) is 0 Å². The molecular weight excluding hydrogens is 106 g/mol. The third-order valence-electron chi connectivity index (χ3n) is 0.580. The zero-order chi connectivity index (χ0) is 5.11. The van der Waals surface area contributed by atoms with Crippen LogP contribution in [-0.2, 0) is 0 Å². The molecule has 0 atom stereocenters. The van der Waals surface area contributed by atoms with E-state index in [4.69, 9.17) is 6.42 Å². The van der Waals surface area contributed by atoms with Gasteiger partial charge >= 0.3 is 0 Å². The van der Waals surface area contributed by atoms with E-state index >= 15 is 0 Å². The summed E-state index contributed by atoms with van der Waals surface area (Å²) in [6.07, 6.45) is 6.71. The van der Waals surface area contributed by atoms with E-state index in [1.807, 2.05) is 6.07 Å². The summed E-state index contributed by atoms with van der Waals surface area (Å²) in [6.45, 7) is 0. The Balaban J connectivity index is 3.04. The first-order valence-electron chi connectivity index (χ1n) is 1.81. The molecule has 0 aliphatic heterocycles. The zero-order valence-electron chi connectivity index (χ0n) is 3.59. The normalized spacial score (nSPS) is 7.86. The summed E-state index contributed by atoms with van der Waals surface area (Å²) >= 11 is 1.34. The Labute approximate surface area is 46.2 Å². The van der Waals surface area contributed by atoms with Crippen molar-refractivity contribution >= 4 is 11.5 Å². The lowest BCUT2D eigenvalue weighted by Crippen LogP contribution is -1.50. The molecule has 0 aromatic carbocycles.